The van der Waals surface area contributed by atoms with Gasteiger partial charge in [-0.3, -0.25) is 4.68 Å². The normalized spacial score (nSPS) is 21.6. The summed E-state index contributed by atoms with van der Waals surface area (Å²) in [6, 6.07) is 0. The van der Waals surface area contributed by atoms with Crippen LogP contribution in [0.5, 0.6) is 0 Å². The van der Waals surface area contributed by atoms with Gasteiger partial charge in [0.05, 0.1) is 12.8 Å². The fraction of sp³-hybridized carbons (Fsp3) is 0.750. The molecule has 0 aromatic carbocycles. The number of hydrogen-bond acceptors (Lipinski definition) is 3. The van der Waals surface area contributed by atoms with E-state index in [1.807, 2.05) is 17.9 Å². The lowest BCUT2D eigenvalue weighted by molar-refractivity contribution is 0.183. The standard InChI is InChI=1S/C12H21N3O/c1-12(2,11-7-14-15(3)8-11)13-6-10-4-5-16-9-10/h7-8,10,13H,4-6,9H2,1-3H3. The van der Waals surface area contributed by atoms with Gasteiger partial charge >= 0.3 is 0 Å². The second-order valence-corrected chi connectivity index (χ2v) is 5.14. The lowest BCUT2D eigenvalue weighted by Crippen LogP contribution is -2.39. The summed E-state index contributed by atoms with van der Waals surface area (Å²) in [7, 11) is 1.95. The number of ether oxygens (including phenoxy) is 1. The van der Waals surface area contributed by atoms with Gasteiger partial charge in [-0.1, -0.05) is 0 Å². The Morgan fingerprint density at radius 3 is 3.00 bits per heavy atom. The first kappa shape index (κ1) is 11.6. The SMILES string of the molecule is Cn1cc(C(C)(C)NCC2CCOC2)cn1. The number of rotatable bonds is 4. The number of aryl methyl sites for hydroxylation is 1. The van der Waals surface area contributed by atoms with Crippen LogP contribution in [0.2, 0.25) is 0 Å². The van der Waals surface area contributed by atoms with Crippen molar-refractivity contribution in [2.45, 2.75) is 25.8 Å². The van der Waals surface area contributed by atoms with E-state index in [9.17, 15) is 0 Å². The molecule has 4 nitrogen and oxygen atoms in total. The molecule has 1 saturated heterocycles. The molecular weight excluding hydrogens is 202 g/mol. The van der Waals surface area contributed by atoms with Gasteiger partial charge in [-0.05, 0) is 26.2 Å². The molecule has 16 heavy (non-hydrogen) atoms. The maximum atomic E-state index is 5.38. The molecule has 1 aliphatic heterocycles. The molecule has 0 amide bonds. The van der Waals surface area contributed by atoms with E-state index in [0.717, 1.165) is 19.8 Å². The second-order valence-electron chi connectivity index (χ2n) is 5.14. The highest BCUT2D eigenvalue weighted by atomic mass is 16.5. The topological polar surface area (TPSA) is 39.1 Å². The van der Waals surface area contributed by atoms with Gasteiger partial charge in [-0.15, -0.1) is 0 Å². The molecule has 1 aliphatic rings. The molecule has 2 heterocycles. The Hall–Kier alpha value is -0.870. The highest BCUT2D eigenvalue weighted by molar-refractivity contribution is 5.15. The fourth-order valence-electron chi connectivity index (χ4n) is 1.99. The predicted octanol–water partition coefficient (Wildman–Crippen LogP) is 1.28. The zero-order valence-corrected chi connectivity index (χ0v) is 10.4. The van der Waals surface area contributed by atoms with Gasteiger partial charge in [0.15, 0.2) is 0 Å². The van der Waals surface area contributed by atoms with E-state index in [4.69, 9.17) is 4.74 Å². The van der Waals surface area contributed by atoms with Crippen LogP contribution in [0.25, 0.3) is 0 Å². The Morgan fingerprint density at radius 1 is 1.62 bits per heavy atom. The minimum Gasteiger partial charge on any atom is -0.381 e. The first-order valence-corrected chi connectivity index (χ1v) is 5.90. The maximum absolute atomic E-state index is 5.38. The molecule has 4 heteroatoms. The number of hydrogen-bond donors (Lipinski definition) is 1. The Kier molecular flexibility index (Phi) is 3.30. The average Bonchev–Trinajstić information content (AvgIpc) is 2.85. The quantitative estimate of drug-likeness (QED) is 0.836. The first-order chi connectivity index (χ1) is 7.58. The van der Waals surface area contributed by atoms with E-state index in [2.05, 4.69) is 30.5 Å². The largest absolute Gasteiger partial charge is 0.381 e. The molecule has 0 spiro atoms. The van der Waals surface area contributed by atoms with Crippen LogP contribution in [0.4, 0.5) is 0 Å². The van der Waals surface area contributed by atoms with E-state index < -0.39 is 0 Å². The lowest BCUT2D eigenvalue weighted by Gasteiger charge is -2.26. The van der Waals surface area contributed by atoms with Gasteiger partial charge in [-0.25, -0.2) is 0 Å². The molecule has 1 fully saturated rings. The third-order valence-electron chi connectivity index (χ3n) is 3.28. The number of nitrogens with zero attached hydrogens (tertiary/aromatic N) is 2. The molecule has 2 rings (SSSR count). The molecule has 0 radical (unpaired) electrons. The van der Waals surface area contributed by atoms with Crippen molar-refractivity contribution in [1.82, 2.24) is 15.1 Å². The minimum atomic E-state index is -0.0170. The summed E-state index contributed by atoms with van der Waals surface area (Å²) < 4.78 is 7.22. The van der Waals surface area contributed by atoms with Crippen molar-refractivity contribution in [3.8, 4) is 0 Å². The second kappa shape index (κ2) is 4.55. The summed E-state index contributed by atoms with van der Waals surface area (Å²) >= 11 is 0. The van der Waals surface area contributed by atoms with Crippen molar-refractivity contribution in [2.75, 3.05) is 19.8 Å². The first-order valence-electron chi connectivity index (χ1n) is 5.90. The molecule has 90 valence electrons. The van der Waals surface area contributed by atoms with Gasteiger partial charge in [0.25, 0.3) is 0 Å². The van der Waals surface area contributed by atoms with Crippen molar-refractivity contribution in [3.05, 3.63) is 18.0 Å². The third kappa shape index (κ3) is 2.62. The van der Waals surface area contributed by atoms with Crippen molar-refractivity contribution in [2.24, 2.45) is 13.0 Å². The average molecular weight is 223 g/mol. The molecule has 0 saturated carbocycles. The van der Waals surface area contributed by atoms with E-state index in [1.54, 1.807) is 0 Å². The van der Waals surface area contributed by atoms with Crippen LogP contribution >= 0.6 is 0 Å². The van der Waals surface area contributed by atoms with Crippen molar-refractivity contribution in [3.63, 3.8) is 0 Å². The Balaban J connectivity index is 1.91. The van der Waals surface area contributed by atoms with Crippen LogP contribution in [0.1, 0.15) is 25.8 Å². The van der Waals surface area contributed by atoms with Crippen LogP contribution in [0.15, 0.2) is 12.4 Å². The van der Waals surface area contributed by atoms with Gasteiger partial charge in [0, 0.05) is 37.5 Å². The minimum absolute atomic E-state index is 0.0170. The zero-order chi connectivity index (χ0) is 11.6. The Bertz CT molecular complexity index is 340. The molecular formula is C12H21N3O. The zero-order valence-electron chi connectivity index (χ0n) is 10.4. The summed E-state index contributed by atoms with van der Waals surface area (Å²) in [5, 5.41) is 7.81. The number of aromatic nitrogens is 2. The molecule has 1 atom stereocenters. The Morgan fingerprint density at radius 2 is 2.44 bits per heavy atom. The maximum Gasteiger partial charge on any atom is 0.0540 e. The predicted molar refractivity (Wildman–Crippen MR) is 63.2 cm³/mol. The highest BCUT2D eigenvalue weighted by Crippen LogP contribution is 2.20. The summed E-state index contributed by atoms with van der Waals surface area (Å²) in [5.74, 6) is 0.663. The molecule has 1 aromatic heterocycles. The van der Waals surface area contributed by atoms with Crippen LogP contribution in [-0.2, 0) is 17.3 Å². The summed E-state index contributed by atoms with van der Waals surface area (Å²) in [4.78, 5) is 0. The van der Waals surface area contributed by atoms with Crippen molar-refractivity contribution < 1.29 is 4.74 Å². The fourth-order valence-corrected chi connectivity index (χ4v) is 1.99. The van der Waals surface area contributed by atoms with Crippen LogP contribution < -0.4 is 5.32 Å². The Labute approximate surface area is 97.0 Å². The molecule has 0 aliphatic carbocycles. The summed E-state index contributed by atoms with van der Waals surface area (Å²) in [5.41, 5.74) is 1.21. The molecule has 1 unspecified atom stereocenters. The molecule has 0 bridgehead atoms. The van der Waals surface area contributed by atoms with E-state index in [0.29, 0.717) is 5.92 Å². The molecule has 1 aromatic rings. The van der Waals surface area contributed by atoms with E-state index >= 15 is 0 Å². The van der Waals surface area contributed by atoms with Crippen molar-refractivity contribution in [1.29, 1.82) is 0 Å². The molecule has 1 N–H and O–H groups in total. The van der Waals surface area contributed by atoms with Crippen molar-refractivity contribution >= 4 is 0 Å². The van der Waals surface area contributed by atoms with E-state index in [1.165, 1.54) is 12.0 Å². The van der Waals surface area contributed by atoms with E-state index in [-0.39, 0.29) is 5.54 Å². The van der Waals surface area contributed by atoms with Crippen LogP contribution in [0.3, 0.4) is 0 Å². The summed E-state index contributed by atoms with van der Waals surface area (Å²) in [6.07, 6.45) is 5.17. The number of nitrogens with one attached hydrogen (secondary N) is 1. The van der Waals surface area contributed by atoms with Crippen LogP contribution in [-0.4, -0.2) is 29.5 Å². The smallest absolute Gasteiger partial charge is 0.0540 e. The van der Waals surface area contributed by atoms with Gasteiger partial charge in [0.1, 0.15) is 0 Å². The van der Waals surface area contributed by atoms with Gasteiger partial charge < -0.3 is 10.1 Å². The lowest BCUT2D eigenvalue weighted by atomic mass is 9.96. The summed E-state index contributed by atoms with van der Waals surface area (Å²) in [6.45, 7) is 7.22. The third-order valence-corrected chi connectivity index (χ3v) is 3.28. The highest BCUT2D eigenvalue weighted by Gasteiger charge is 2.24. The monoisotopic (exact) mass is 223 g/mol. The van der Waals surface area contributed by atoms with Crippen LogP contribution in [0, 0.1) is 5.92 Å². The van der Waals surface area contributed by atoms with Gasteiger partial charge in [-0.2, -0.15) is 5.10 Å². The van der Waals surface area contributed by atoms with Gasteiger partial charge in [0.2, 0.25) is 0 Å².